The average Bonchev–Trinajstić information content (AvgIpc) is 2.83. The number of nitrogens with zero attached hydrogens (tertiary/aromatic N) is 2. The predicted molar refractivity (Wildman–Crippen MR) is 79.8 cm³/mol. The second-order valence-electron chi connectivity index (χ2n) is 4.33. The van der Waals surface area contributed by atoms with E-state index in [0.29, 0.717) is 6.54 Å². The molecule has 4 heteroatoms. The molecule has 19 heavy (non-hydrogen) atoms. The number of benzene rings is 1. The molecule has 1 aromatic carbocycles. The van der Waals surface area contributed by atoms with Crippen molar-refractivity contribution in [3.05, 3.63) is 48.4 Å². The highest BCUT2D eigenvalue weighted by molar-refractivity contribution is 5.68. The zero-order valence-electron chi connectivity index (χ0n) is 11.3. The summed E-state index contributed by atoms with van der Waals surface area (Å²) in [7, 11) is 0. The largest absolute Gasteiger partial charge is 0.373 e. The Labute approximate surface area is 113 Å². The van der Waals surface area contributed by atoms with E-state index in [-0.39, 0.29) is 0 Å². The van der Waals surface area contributed by atoms with Gasteiger partial charge >= 0.3 is 0 Å². The number of aryl methyl sites for hydroxylation is 2. The third kappa shape index (κ3) is 3.31. The summed E-state index contributed by atoms with van der Waals surface area (Å²) in [6.07, 6.45) is 5.41. The molecule has 0 bridgehead atoms. The predicted octanol–water partition coefficient (Wildman–Crippen LogP) is 3.13. The van der Waals surface area contributed by atoms with Gasteiger partial charge in [0.1, 0.15) is 5.82 Å². The first-order valence-electron chi connectivity index (χ1n) is 6.20. The van der Waals surface area contributed by atoms with E-state index in [0.717, 1.165) is 28.3 Å². The molecule has 98 valence electrons. The zero-order valence-corrected chi connectivity index (χ0v) is 11.3. The molecular formula is C15H18N4. The van der Waals surface area contributed by atoms with Crippen molar-refractivity contribution in [2.24, 2.45) is 4.99 Å². The topological polar surface area (TPSA) is 53.1 Å². The highest BCUT2D eigenvalue weighted by Gasteiger charge is 2.03. The lowest BCUT2D eigenvalue weighted by Gasteiger charge is -2.03. The van der Waals surface area contributed by atoms with Crippen molar-refractivity contribution in [3.63, 3.8) is 0 Å². The van der Waals surface area contributed by atoms with Gasteiger partial charge in [-0.3, -0.25) is 0 Å². The van der Waals surface area contributed by atoms with Gasteiger partial charge in [0, 0.05) is 18.3 Å². The lowest BCUT2D eigenvalue weighted by Crippen LogP contribution is -2.09. The molecule has 0 saturated carbocycles. The zero-order chi connectivity index (χ0) is 13.7. The SMILES string of the molecule is C=CCN/C=N/c1ccc(-c2c[nH]c(C)n2)cc1C. The summed E-state index contributed by atoms with van der Waals surface area (Å²) in [5.74, 6) is 0.920. The minimum absolute atomic E-state index is 0.715. The Kier molecular flexibility index (Phi) is 4.13. The molecule has 0 spiro atoms. The number of aliphatic imine (C=N–C) groups is 1. The van der Waals surface area contributed by atoms with E-state index in [2.05, 4.69) is 32.9 Å². The van der Waals surface area contributed by atoms with Crippen LogP contribution in [-0.2, 0) is 0 Å². The molecule has 0 unspecified atom stereocenters. The summed E-state index contributed by atoms with van der Waals surface area (Å²) in [5, 5.41) is 3.03. The van der Waals surface area contributed by atoms with Gasteiger partial charge in [0.2, 0.25) is 0 Å². The molecule has 1 aromatic heterocycles. The van der Waals surface area contributed by atoms with Crippen LogP contribution in [0.4, 0.5) is 5.69 Å². The van der Waals surface area contributed by atoms with Gasteiger partial charge in [0.15, 0.2) is 0 Å². The van der Waals surface area contributed by atoms with Crippen LogP contribution in [0.1, 0.15) is 11.4 Å². The Morgan fingerprint density at radius 1 is 1.42 bits per heavy atom. The van der Waals surface area contributed by atoms with Gasteiger partial charge in [-0.2, -0.15) is 0 Å². The van der Waals surface area contributed by atoms with Crippen molar-refractivity contribution in [2.75, 3.05) is 6.54 Å². The summed E-state index contributed by atoms with van der Waals surface area (Å²) < 4.78 is 0. The molecule has 2 rings (SSSR count). The number of hydrogen-bond acceptors (Lipinski definition) is 2. The number of aromatic amines is 1. The van der Waals surface area contributed by atoms with Crippen LogP contribution in [0.3, 0.4) is 0 Å². The van der Waals surface area contributed by atoms with Gasteiger partial charge < -0.3 is 10.3 Å². The third-order valence-electron chi connectivity index (χ3n) is 2.76. The molecule has 2 N–H and O–H groups in total. The molecule has 4 nitrogen and oxygen atoms in total. The second-order valence-corrected chi connectivity index (χ2v) is 4.33. The summed E-state index contributed by atoms with van der Waals surface area (Å²) in [6.45, 7) is 8.34. The smallest absolute Gasteiger partial charge is 0.103 e. The van der Waals surface area contributed by atoms with Crippen LogP contribution >= 0.6 is 0 Å². The fourth-order valence-electron chi connectivity index (χ4n) is 1.78. The lowest BCUT2D eigenvalue weighted by molar-refractivity contribution is 1.07. The van der Waals surface area contributed by atoms with E-state index in [9.17, 15) is 0 Å². The van der Waals surface area contributed by atoms with E-state index in [4.69, 9.17) is 0 Å². The summed E-state index contributed by atoms with van der Waals surface area (Å²) >= 11 is 0. The maximum absolute atomic E-state index is 4.42. The molecule has 0 atom stereocenters. The number of rotatable bonds is 5. The molecule has 0 radical (unpaired) electrons. The molecule has 0 aliphatic heterocycles. The van der Waals surface area contributed by atoms with E-state index in [1.54, 1.807) is 12.4 Å². The molecule has 0 aliphatic carbocycles. The van der Waals surface area contributed by atoms with E-state index >= 15 is 0 Å². The molecule has 0 aliphatic rings. The fourth-order valence-corrected chi connectivity index (χ4v) is 1.78. The summed E-state index contributed by atoms with van der Waals surface area (Å²) in [4.78, 5) is 11.9. The molecule has 0 fully saturated rings. The number of H-pyrrole nitrogens is 1. The van der Waals surface area contributed by atoms with Crippen LogP contribution in [0.2, 0.25) is 0 Å². The Balaban J connectivity index is 2.17. The first-order chi connectivity index (χ1) is 9.20. The summed E-state index contributed by atoms with van der Waals surface area (Å²) in [6, 6.07) is 6.12. The van der Waals surface area contributed by atoms with E-state index < -0.39 is 0 Å². The van der Waals surface area contributed by atoms with Crippen molar-refractivity contribution in [2.45, 2.75) is 13.8 Å². The maximum atomic E-state index is 4.42. The summed E-state index contributed by atoms with van der Waals surface area (Å²) in [5.41, 5.74) is 4.13. The minimum Gasteiger partial charge on any atom is -0.373 e. The number of aromatic nitrogens is 2. The van der Waals surface area contributed by atoms with Crippen molar-refractivity contribution >= 4 is 12.0 Å². The van der Waals surface area contributed by atoms with Crippen molar-refractivity contribution in [1.82, 2.24) is 15.3 Å². The first-order valence-corrected chi connectivity index (χ1v) is 6.20. The lowest BCUT2D eigenvalue weighted by atomic mass is 10.1. The van der Waals surface area contributed by atoms with Crippen LogP contribution in [0.5, 0.6) is 0 Å². The molecular weight excluding hydrogens is 236 g/mol. The standard InChI is InChI=1S/C15H18N4/c1-4-7-16-10-18-14-6-5-13(8-11(14)2)15-9-17-12(3)19-15/h4-6,8-10H,1,7H2,2-3H3,(H,16,18)(H,17,19). The Hall–Kier alpha value is -2.36. The normalized spacial score (nSPS) is 10.8. The van der Waals surface area contributed by atoms with Gasteiger partial charge in [0.05, 0.1) is 17.7 Å². The first kappa shape index (κ1) is 13.1. The van der Waals surface area contributed by atoms with Crippen LogP contribution in [-0.4, -0.2) is 22.9 Å². The van der Waals surface area contributed by atoms with Crippen LogP contribution in [0.15, 0.2) is 42.0 Å². The van der Waals surface area contributed by atoms with Crippen molar-refractivity contribution in [3.8, 4) is 11.3 Å². The Bertz CT molecular complexity index is 596. The van der Waals surface area contributed by atoms with Gasteiger partial charge in [-0.05, 0) is 31.5 Å². The average molecular weight is 254 g/mol. The Morgan fingerprint density at radius 3 is 2.89 bits per heavy atom. The van der Waals surface area contributed by atoms with Crippen LogP contribution in [0, 0.1) is 13.8 Å². The maximum Gasteiger partial charge on any atom is 0.103 e. The van der Waals surface area contributed by atoms with Crippen LogP contribution in [0.25, 0.3) is 11.3 Å². The van der Waals surface area contributed by atoms with Crippen molar-refractivity contribution in [1.29, 1.82) is 0 Å². The van der Waals surface area contributed by atoms with E-state index in [1.165, 1.54) is 0 Å². The van der Waals surface area contributed by atoms with Gasteiger partial charge in [0.25, 0.3) is 0 Å². The molecule has 0 amide bonds. The molecule has 1 heterocycles. The van der Waals surface area contributed by atoms with Crippen molar-refractivity contribution < 1.29 is 0 Å². The second kappa shape index (κ2) is 6.00. The van der Waals surface area contributed by atoms with Gasteiger partial charge in [-0.15, -0.1) is 6.58 Å². The third-order valence-corrected chi connectivity index (χ3v) is 2.76. The Morgan fingerprint density at radius 2 is 2.26 bits per heavy atom. The monoisotopic (exact) mass is 254 g/mol. The van der Waals surface area contributed by atoms with E-state index in [1.807, 2.05) is 32.2 Å². The highest BCUT2D eigenvalue weighted by Crippen LogP contribution is 2.25. The van der Waals surface area contributed by atoms with Gasteiger partial charge in [-0.1, -0.05) is 12.1 Å². The number of imidazole rings is 1. The quantitative estimate of drug-likeness (QED) is 0.373. The fraction of sp³-hybridized carbons (Fsp3) is 0.200. The highest BCUT2D eigenvalue weighted by atomic mass is 14.9. The minimum atomic E-state index is 0.715. The molecule has 0 saturated heterocycles. The van der Waals surface area contributed by atoms with Gasteiger partial charge in [-0.25, -0.2) is 9.98 Å². The number of nitrogens with one attached hydrogen (secondary N) is 2. The molecule has 2 aromatic rings. The van der Waals surface area contributed by atoms with Crippen LogP contribution < -0.4 is 5.32 Å². The number of hydrogen-bond donors (Lipinski definition) is 2.